The van der Waals surface area contributed by atoms with Crippen LogP contribution in [0.5, 0.6) is 11.5 Å². The molecule has 0 bridgehead atoms. The van der Waals surface area contributed by atoms with E-state index >= 15 is 0 Å². The van der Waals surface area contributed by atoms with E-state index < -0.39 is 0 Å². The van der Waals surface area contributed by atoms with Gasteiger partial charge in [-0.05, 0) is 89.3 Å². The number of benzene rings is 2. The van der Waals surface area contributed by atoms with Gasteiger partial charge in [-0.1, -0.05) is 18.2 Å². The van der Waals surface area contributed by atoms with Gasteiger partial charge >= 0.3 is 0 Å². The SMILES string of the molecule is C=CCc1cccc(-n2nc(C(=O)N(C)C(C)(C)C)c3c2-c2cc(OC(C)C)c(OC)cc2CC3)c1. The molecule has 0 spiro atoms. The van der Waals surface area contributed by atoms with E-state index in [2.05, 4.69) is 24.8 Å². The van der Waals surface area contributed by atoms with Crippen LogP contribution in [0.25, 0.3) is 16.9 Å². The smallest absolute Gasteiger partial charge is 0.274 e. The highest BCUT2D eigenvalue weighted by Gasteiger charge is 2.33. The lowest BCUT2D eigenvalue weighted by Crippen LogP contribution is -2.43. The van der Waals surface area contributed by atoms with Gasteiger partial charge in [0.25, 0.3) is 5.91 Å². The monoisotopic (exact) mass is 487 g/mol. The number of fused-ring (bicyclic) bond motifs is 3. The Labute approximate surface area is 214 Å². The average molecular weight is 488 g/mol. The highest BCUT2D eigenvalue weighted by atomic mass is 16.5. The second-order valence-electron chi connectivity index (χ2n) is 10.6. The molecular weight excluding hydrogens is 450 g/mol. The van der Waals surface area contributed by atoms with E-state index in [-0.39, 0.29) is 17.6 Å². The molecule has 190 valence electrons. The van der Waals surface area contributed by atoms with Gasteiger partial charge in [-0.25, -0.2) is 4.68 Å². The van der Waals surface area contributed by atoms with E-state index in [4.69, 9.17) is 14.6 Å². The summed E-state index contributed by atoms with van der Waals surface area (Å²) in [7, 11) is 3.51. The zero-order valence-corrected chi connectivity index (χ0v) is 22.5. The first kappa shape index (κ1) is 25.5. The molecule has 0 atom stereocenters. The summed E-state index contributed by atoms with van der Waals surface area (Å²) in [6.45, 7) is 14.0. The van der Waals surface area contributed by atoms with E-state index in [1.165, 1.54) is 0 Å². The van der Waals surface area contributed by atoms with Crippen molar-refractivity contribution in [2.45, 2.75) is 65.5 Å². The van der Waals surface area contributed by atoms with E-state index in [1.54, 1.807) is 12.0 Å². The van der Waals surface area contributed by atoms with Gasteiger partial charge < -0.3 is 14.4 Å². The van der Waals surface area contributed by atoms with Crippen LogP contribution in [0.15, 0.2) is 49.1 Å². The first-order chi connectivity index (χ1) is 17.0. The first-order valence-electron chi connectivity index (χ1n) is 12.5. The normalized spacial score (nSPS) is 12.7. The van der Waals surface area contributed by atoms with Crippen LogP contribution in [0.1, 0.15) is 61.8 Å². The molecule has 1 aromatic heterocycles. The molecular formula is C30H37N3O3. The number of rotatable bonds is 7. The highest BCUT2D eigenvalue weighted by Crippen LogP contribution is 2.43. The lowest BCUT2D eigenvalue weighted by molar-refractivity contribution is 0.0648. The van der Waals surface area contributed by atoms with Gasteiger partial charge in [-0.15, -0.1) is 6.58 Å². The van der Waals surface area contributed by atoms with Crippen LogP contribution in [0.4, 0.5) is 0 Å². The number of carbonyl (C=O) groups excluding carboxylic acids is 1. The number of hydrogen-bond acceptors (Lipinski definition) is 4. The minimum Gasteiger partial charge on any atom is -0.493 e. The van der Waals surface area contributed by atoms with Crippen LogP contribution < -0.4 is 9.47 Å². The van der Waals surface area contributed by atoms with Crippen LogP contribution in [-0.4, -0.2) is 46.4 Å². The third kappa shape index (κ3) is 4.77. The molecule has 0 fully saturated rings. The lowest BCUT2D eigenvalue weighted by atomic mass is 9.88. The van der Waals surface area contributed by atoms with E-state index in [1.807, 2.05) is 70.6 Å². The summed E-state index contributed by atoms with van der Waals surface area (Å²) in [5.74, 6) is 1.33. The molecule has 0 aliphatic heterocycles. The summed E-state index contributed by atoms with van der Waals surface area (Å²) in [5.41, 5.74) is 6.32. The van der Waals surface area contributed by atoms with E-state index in [0.717, 1.165) is 52.9 Å². The predicted octanol–water partition coefficient (Wildman–Crippen LogP) is 6.03. The number of nitrogens with zero attached hydrogens (tertiary/aromatic N) is 3. The maximum atomic E-state index is 13.7. The van der Waals surface area contributed by atoms with E-state index in [9.17, 15) is 4.79 Å². The molecule has 4 rings (SSSR count). The lowest BCUT2D eigenvalue weighted by Gasteiger charge is -2.31. The molecule has 6 heteroatoms. The van der Waals surface area contributed by atoms with Crippen molar-refractivity contribution in [2.24, 2.45) is 0 Å². The van der Waals surface area contributed by atoms with Crippen molar-refractivity contribution >= 4 is 5.91 Å². The van der Waals surface area contributed by atoms with Crippen molar-refractivity contribution in [1.82, 2.24) is 14.7 Å². The Kier molecular flexibility index (Phi) is 6.98. The number of hydrogen-bond donors (Lipinski definition) is 0. The zero-order chi connectivity index (χ0) is 26.2. The topological polar surface area (TPSA) is 56.6 Å². The molecule has 0 radical (unpaired) electrons. The molecule has 1 aliphatic rings. The van der Waals surface area contributed by atoms with E-state index in [0.29, 0.717) is 17.2 Å². The minimum atomic E-state index is -0.324. The van der Waals surface area contributed by atoms with Crippen molar-refractivity contribution in [3.05, 3.63) is 71.4 Å². The van der Waals surface area contributed by atoms with Crippen LogP contribution >= 0.6 is 0 Å². The van der Waals surface area contributed by atoms with Crippen molar-refractivity contribution in [3.63, 3.8) is 0 Å². The highest BCUT2D eigenvalue weighted by molar-refractivity contribution is 5.97. The first-order valence-corrected chi connectivity index (χ1v) is 12.5. The van der Waals surface area contributed by atoms with Crippen LogP contribution in [0.3, 0.4) is 0 Å². The number of methoxy groups -OCH3 is 1. The second kappa shape index (κ2) is 9.84. The van der Waals surface area contributed by atoms with Gasteiger partial charge in [0, 0.05) is 23.7 Å². The molecule has 6 nitrogen and oxygen atoms in total. The summed E-state index contributed by atoms with van der Waals surface area (Å²) in [6, 6.07) is 12.3. The van der Waals surface area contributed by atoms with Crippen LogP contribution in [0.2, 0.25) is 0 Å². The summed E-state index contributed by atoms with van der Waals surface area (Å²) in [6.07, 6.45) is 4.17. The fraction of sp³-hybridized carbons (Fsp3) is 0.400. The molecule has 0 N–H and O–H groups in total. The molecule has 1 aliphatic carbocycles. The fourth-order valence-corrected chi connectivity index (χ4v) is 4.56. The Bertz CT molecular complexity index is 1300. The summed E-state index contributed by atoms with van der Waals surface area (Å²) < 4.78 is 13.7. The standard InChI is InChI=1S/C30H37N3O3/c1-9-11-20-12-10-13-22(16-20)33-28-23(27(31-33)29(34)32(7)30(4,5)6)15-14-21-17-25(35-8)26(18-24(21)28)36-19(2)3/h9-10,12-13,16-19H,1,11,14-15H2,2-8H3. The maximum Gasteiger partial charge on any atom is 0.274 e. The average Bonchev–Trinajstić information content (AvgIpc) is 3.22. The van der Waals surface area contributed by atoms with Crippen molar-refractivity contribution in [2.75, 3.05) is 14.2 Å². The molecule has 0 saturated carbocycles. The quantitative estimate of drug-likeness (QED) is 0.382. The third-order valence-electron chi connectivity index (χ3n) is 6.68. The molecule has 1 amide bonds. The number of aromatic nitrogens is 2. The Hall–Kier alpha value is -3.54. The Morgan fingerprint density at radius 2 is 1.94 bits per heavy atom. The van der Waals surface area contributed by atoms with Gasteiger partial charge in [-0.3, -0.25) is 4.79 Å². The summed E-state index contributed by atoms with van der Waals surface area (Å²) >= 11 is 0. The number of aryl methyl sites for hydroxylation is 1. The number of allylic oxidation sites excluding steroid dienone is 1. The Morgan fingerprint density at radius 3 is 2.58 bits per heavy atom. The molecule has 36 heavy (non-hydrogen) atoms. The second-order valence-corrected chi connectivity index (χ2v) is 10.6. The molecule has 1 heterocycles. The van der Waals surface area contributed by atoms with Crippen molar-refractivity contribution in [3.8, 4) is 28.4 Å². The molecule has 2 aromatic carbocycles. The number of ether oxygens (including phenoxy) is 2. The Balaban J connectivity index is 1.98. The maximum absolute atomic E-state index is 13.7. The predicted molar refractivity (Wildman–Crippen MR) is 144 cm³/mol. The zero-order valence-electron chi connectivity index (χ0n) is 22.5. The van der Waals surface area contributed by atoms with Gasteiger partial charge in [0.2, 0.25) is 0 Å². The van der Waals surface area contributed by atoms with Gasteiger partial charge in [-0.2, -0.15) is 5.10 Å². The fourth-order valence-electron chi connectivity index (χ4n) is 4.56. The van der Waals surface area contributed by atoms with Gasteiger partial charge in [0.15, 0.2) is 17.2 Å². The van der Waals surface area contributed by atoms with Crippen molar-refractivity contribution < 1.29 is 14.3 Å². The van der Waals surface area contributed by atoms with Crippen LogP contribution in [-0.2, 0) is 19.3 Å². The third-order valence-corrected chi connectivity index (χ3v) is 6.68. The Morgan fingerprint density at radius 1 is 1.19 bits per heavy atom. The molecule has 0 saturated heterocycles. The van der Waals surface area contributed by atoms with Gasteiger partial charge in [0.05, 0.1) is 24.6 Å². The van der Waals surface area contributed by atoms with Crippen LogP contribution in [0, 0.1) is 0 Å². The summed E-state index contributed by atoms with van der Waals surface area (Å²) in [5, 5.41) is 4.96. The summed E-state index contributed by atoms with van der Waals surface area (Å²) in [4.78, 5) is 15.5. The number of carbonyl (C=O) groups is 1. The van der Waals surface area contributed by atoms with Gasteiger partial charge in [0.1, 0.15) is 0 Å². The van der Waals surface area contributed by atoms with Crippen molar-refractivity contribution in [1.29, 1.82) is 0 Å². The minimum absolute atomic E-state index is 0.00178. The molecule has 0 unspecified atom stereocenters. The molecule has 3 aromatic rings. The number of amides is 1. The largest absolute Gasteiger partial charge is 0.493 e.